The molecule has 9 heteroatoms. The first-order chi connectivity index (χ1) is 5.92. The average molecular weight is 227 g/mol. The Labute approximate surface area is 79.0 Å². The molecule has 1 rings (SSSR count). The van der Waals surface area contributed by atoms with Gasteiger partial charge in [0, 0.05) is 0 Å². The lowest BCUT2D eigenvalue weighted by Gasteiger charge is -2.06. The zero-order valence-electron chi connectivity index (χ0n) is 5.90. The largest absolute Gasteiger partial charge is 0.476 e. The number of carboxylic acids is 1. The molecule has 0 aromatic carbocycles. The molecular formula is C4H3F2N3O2S2. The maximum absolute atomic E-state index is 12.5. The molecule has 72 valence electrons. The number of aromatic nitrogens is 2. The minimum atomic E-state index is -3.90. The first-order valence-corrected chi connectivity index (χ1v) is 4.44. The summed E-state index contributed by atoms with van der Waals surface area (Å²) in [5.41, 5.74) is 5.11. The van der Waals surface area contributed by atoms with Crippen LogP contribution in [0.25, 0.3) is 0 Å². The number of hydrogen-bond donors (Lipinski definition) is 2. The van der Waals surface area contributed by atoms with Gasteiger partial charge in [-0.15, -0.1) is 10.2 Å². The van der Waals surface area contributed by atoms with E-state index in [0.717, 1.165) is 0 Å². The fraction of sp³-hybridized carbons (Fsp3) is 0.250. The van der Waals surface area contributed by atoms with Gasteiger partial charge in [0.2, 0.25) is 5.13 Å². The minimum Gasteiger partial charge on any atom is -0.476 e. The van der Waals surface area contributed by atoms with Crippen molar-refractivity contribution in [3.8, 4) is 0 Å². The number of anilines is 1. The predicted octanol–water partition coefficient (Wildman–Crippen LogP) is 0.890. The Bertz CT molecular complexity index is 329. The fourth-order valence-corrected chi connectivity index (χ4v) is 1.88. The lowest BCUT2D eigenvalue weighted by Crippen LogP contribution is -2.23. The van der Waals surface area contributed by atoms with E-state index in [2.05, 4.69) is 10.2 Å². The molecule has 0 aliphatic carbocycles. The molecule has 1 heterocycles. The van der Waals surface area contributed by atoms with Gasteiger partial charge in [-0.3, -0.25) is 0 Å². The van der Waals surface area contributed by atoms with E-state index in [1.165, 1.54) is 0 Å². The number of hydrogen-bond acceptors (Lipinski definition) is 6. The summed E-state index contributed by atoms with van der Waals surface area (Å²) >= 11 is 0.514. The van der Waals surface area contributed by atoms with E-state index in [1.807, 2.05) is 0 Å². The maximum Gasteiger partial charge on any atom is 0.395 e. The molecule has 0 unspecified atom stereocenters. The van der Waals surface area contributed by atoms with Crippen LogP contribution in [-0.2, 0) is 4.79 Å². The van der Waals surface area contributed by atoms with Gasteiger partial charge in [0.1, 0.15) is 0 Å². The number of nitrogens with zero attached hydrogens (tertiary/aromatic N) is 2. The van der Waals surface area contributed by atoms with Crippen molar-refractivity contribution in [3.63, 3.8) is 0 Å². The zero-order chi connectivity index (χ0) is 10.1. The van der Waals surface area contributed by atoms with E-state index in [-0.39, 0.29) is 21.2 Å². The van der Waals surface area contributed by atoms with Gasteiger partial charge in [0.05, 0.1) is 0 Å². The highest BCUT2D eigenvalue weighted by Gasteiger charge is 2.41. The highest BCUT2D eigenvalue weighted by Crippen LogP contribution is 2.37. The molecule has 0 radical (unpaired) electrons. The van der Waals surface area contributed by atoms with Crippen LogP contribution in [0, 0.1) is 0 Å². The molecule has 3 N–H and O–H groups in total. The standard InChI is InChI=1S/C4H3F2N3O2S2/c5-4(6,1(10)11)13-3-9-8-2(7)12-3/h(H2,7,8)(H,10,11). The van der Waals surface area contributed by atoms with Crippen LogP contribution in [0.3, 0.4) is 0 Å². The summed E-state index contributed by atoms with van der Waals surface area (Å²) in [6.45, 7) is 0. The molecule has 0 aliphatic heterocycles. The van der Waals surface area contributed by atoms with E-state index in [4.69, 9.17) is 10.8 Å². The van der Waals surface area contributed by atoms with Crippen LogP contribution in [0.2, 0.25) is 0 Å². The van der Waals surface area contributed by atoms with Crippen molar-refractivity contribution in [2.45, 2.75) is 9.59 Å². The van der Waals surface area contributed by atoms with Gasteiger partial charge in [0.25, 0.3) is 0 Å². The van der Waals surface area contributed by atoms with Gasteiger partial charge in [-0.05, 0) is 11.8 Å². The van der Waals surface area contributed by atoms with Crippen LogP contribution in [0.1, 0.15) is 0 Å². The topological polar surface area (TPSA) is 89.1 Å². The van der Waals surface area contributed by atoms with Gasteiger partial charge in [0.15, 0.2) is 4.34 Å². The quantitative estimate of drug-likeness (QED) is 0.745. The minimum absolute atomic E-state index is 0.0173. The predicted molar refractivity (Wildman–Crippen MR) is 42.8 cm³/mol. The Kier molecular flexibility index (Phi) is 2.66. The second kappa shape index (κ2) is 3.42. The van der Waals surface area contributed by atoms with Crippen molar-refractivity contribution >= 4 is 34.2 Å². The molecule has 0 amide bonds. The molecule has 1 aromatic rings. The molecule has 0 aliphatic rings. The van der Waals surface area contributed by atoms with Gasteiger partial charge in [-0.2, -0.15) is 8.78 Å². The van der Waals surface area contributed by atoms with Gasteiger partial charge < -0.3 is 10.8 Å². The monoisotopic (exact) mass is 227 g/mol. The molecule has 0 fully saturated rings. The van der Waals surface area contributed by atoms with Gasteiger partial charge in [-0.25, -0.2) is 4.79 Å². The zero-order valence-corrected chi connectivity index (χ0v) is 7.53. The van der Waals surface area contributed by atoms with E-state index in [0.29, 0.717) is 11.3 Å². The van der Waals surface area contributed by atoms with Crippen molar-refractivity contribution in [3.05, 3.63) is 0 Å². The van der Waals surface area contributed by atoms with Crippen LogP contribution in [0.4, 0.5) is 13.9 Å². The molecule has 0 saturated carbocycles. The second-order valence-electron chi connectivity index (χ2n) is 1.83. The Hall–Kier alpha value is -0.960. The van der Waals surface area contributed by atoms with E-state index in [1.54, 1.807) is 0 Å². The summed E-state index contributed by atoms with van der Waals surface area (Å²) in [6.07, 6.45) is 0. The van der Waals surface area contributed by atoms with E-state index >= 15 is 0 Å². The third kappa shape index (κ3) is 2.49. The molecule has 5 nitrogen and oxygen atoms in total. The summed E-state index contributed by atoms with van der Waals surface area (Å²) in [5.74, 6) is -2.22. The summed E-state index contributed by atoms with van der Waals surface area (Å²) in [7, 11) is 0. The van der Waals surface area contributed by atoms with Crippen molar-refractivity contribution in [2.75, 3.05) is 5.73 Å². The highest BCUT2D eigenvalue weighted by molar-refractivity contribution is 8.02. The van der Waals surface area contributed by atoms with Gasteiger partial charge in [-0.1, -0.05) is 11.3 Å². The SMILES string of the molecule is Nc1nnc(SC(F)(F)C(=O)O)s1. The average Bonchev–Trinajstić information content (AvgIpc) is 2.34. The first kappa shape index (κ1) is 10.1. The molecule has 0 bridgehead atoms. The van der Waals surface area contributed by atoms with Crippen LogP contribution in [-0.4, -0.2) is 26.5 Å². The highest BCUT2D eigenvalue weighted by atomic mass is 32.2. The Morgan fingerprint density at radius 1 is 1.62 bits per heavy atom. The molecular weight excluding hydrogens is 224 g/mol. The Balaban J connectivity index is 2.74. The van der Waals surface area contributed by atoms with E-state index < -0.39 is 11.2 Å². The van der Waals surface area contributed by atoms with Crippen molar-refractivity contribution < 1.29 is 18.7 Å². The number of rotatable bonds is 3. The lowest BCUT2D eigenvalue weighted by molar-refractivity contribution is -0.152. The third-order valence-electron chi connectivity index (χ3n) is 0.887. The summed E-state index contributed by atoms with van der Waals surface area (Å²) in [5, 5.41) is 10.7. The van der Waals surface area contributed by atoms with Crippen LogP contribution in [0.15, 0.2) is 4.34 Å². The van der Waals surface area contributed by atoms with Crippen molar-refractivity contribution in [2.24, 2.45) is 0 Å². The number of carboxylic acid groups (broad SMARTS) is 1. The van der Waals surface area contributed by atoms with Crippen molar-refractivity contribution in [1.82, 2.24) is 10.2 Å². The number of halogens is 2. The van der Waals surface area contributed by atoms with Crippen LogP contribution in [0.5, 0.6) is 0 Å². The number of aliphatic carboxylic acids is 1. The first-order valence-electron chi connectivity index (χ1n) is 2.81. The number of carbonyl (C=O) groups is 1. The molecule has 13 heavy (non-hydrogen) atoms. The number of alkyl halides is 2. The lowest BCUT2D eigenvalue weighted by atomic mass is 10.7. The molecule has 0 atom stereocenters. The smallest absolute Gasteiger partial charge is 0.395 e. The van der Waals surface area contributed by atoms with Crippen LogP contribution >= 0.6 is 23.1 Å². The molecule has 0 saturated heterocycles. The number of nitrogen functional groups attached to an aromatic ring is 1. The summed E-state index contributed by atoms with van der Waals surface area (Å²) < 4.78 is 24.8. The molecule has 0 spiro atoms. The van der Waals surface area contributed by atoms with E-state index in [9.17, 15) is 13.6 Å². The summed E-state index contributed by atoms with van der Waals surface area (Å²) in [4.78, 5) is 9.99. The number of thioether (sulfide) groups is 1. The Morgan fingerprint density at radius 3 is 2.62 bits per heavy atom. The Morgan fingerprint density at radius 2 is 2.23 bits per heavy atom. The molecule has 1 aromatic heterocycles. The summed E-state index contributed by atoms with van der Waals surface area (Å²) in [6, 6.07) is 0. The van der Waals surface area contributed by atoms with Gasteiger partial charge >= 0.3 is 11.2 Å². The maximum atomic E-state index is 12.5. The van der Waals surface area contributed by atoms with Crippen LogP contribution < -0.4 is 5.73 Å². The number of nitrogens with two attached hydrogens (primary N) is 1. The normalized spacial score (nSPS) is 11.5. The second-order valence-corrected chi connectivity index (χ2v) is 4.20. The third-order valence-corrected chi connectivity index (χ3v) is 2.62. The fourth-order valence-electron chi connectivity index (χ4n) is 0.415. The van der Waals surface area contributed by atoms with Crippen molar-refractivity contribution in [1.29, 1.82) is 0 Å².